The first kappa shape index (κ1) is 21.0. The van der Waals surface area contributed by atoms with Gasteiger partial charge in [0.2, 0.25) is 0 Å². The van der Waals surface area contributed by atoms with E-state index in [9.17, 15) is 17.6 Å². The van der Waals surface area contributed by atoms with Crippen molar-refractivity contribution in [2.45, 2.75) is 63.1 Å². The third kappa shape index (κ3) is 3.61. The molecule has 156 valence electrons. The Morgan fingerprint density at radius 3 is 2.32 bits per heavy atom. The molecule has 3 rings (SSSR count). The number of carbonyl (C=O) groups is 1. The van der Waals surface area contributed by atoms with Gasteiger partial charge in [-0.2, -0.15) is 0 Å². The number of halogens is 1. The lowest BCUT2D eigenvalue weighted by Crippen LogP contribution is -2.79. The molecule has 0 aromatic carbocycles. The molecule has 2 aliphatic heterocycles. The first-order valence-corrected chi connectivity index (χ1v) is 10.8. The second kappa shape index (κ2) is 6.38. The molecule has 0 aliphatic carbocycles. The van der Waals surface area contributed by atoms with Gasteiger partial charge in [0.25, 0.3) is 0 Å². The van der Waals surface area contributed by atoms with Crippen molar-refractivity contribution < 1.29 is 22.3 Å². The summed E-state index contributed by atoms with van der Waals surface area (Å²) in [6.45, 7) is 10.8. The van der Waals surface area contributed by atoms with E-state index in [0.717, 1.165) is 0 Å². The monoisotopic (exact) mass is 413 g/mol. The largest absolute Gasteiger partial charge is 0.444 e. The maximum absolute atomic E-state index is 14.1. The smallest absolute Gasteiger partial charge is 0.410 e. The second-order valence-corrected chi connectivity index (χ2v) is 11.3. The molecule has 1 aromatic rings. The molecule has 1 aromatic heterocycles. The van der Waals surface area contributed by atoms with E-state index >= 15 is 0 Å². The van der Waals surface area contributed by atoms with Crippen LogP contribution in [0.15, 0.2) is 17.0 Å². The zero-order valence-corrected chi connectivity index (χ0v) is 18.0. The van der Waals surface area contributed by atoms with Crippen molar-refractivity contribution in [3.8, 4) is 0 Å². The van der Waals surface area contributed by atoms with E-state index in [1.54, 1.807) is 27.7 Å². The van der Waals surface area contributed by atoms with Gasteiger partial charge in [0.1, 0.15) is 16.6 Å². The van der Waals surface area contributed by atoms with Crippen LogP contribution in [0.5, 0.6) is 0 Å². The van der Waals surface area contributed by atoms with Gasteiger partial charge in [-0.15, -0.1) is 0 Å². The summed E-state index contributed by atoms with van der Waals surface area (Å²) in [4.78, 5) is 17.9. The fraction of sp³-hybridized carbons (Fsp3) is 0.684. The summed E-state index contributed by atoms with van der Waals surface area (Å²) in [6, 6.07) is 2.84. The van der Waals surface area contributed by atoms with Crippen molar-refractivity contribution >= 4 is 15.9 Å². The van der Waals surface area contributed by atoms with E-state index in [1.165, 1.54) is 30.9 Å². The number of hydrogen-bond donors (Lipinski definition) is 1. The zero-order chi connectivity index (χ0) is 21.1. The molecule has 2 fully saturated rings. The van der Waals surface area contributed by atoms with Crippen LogP contribution in [0, 0.1) is 12.3 Å². The molecule has 1 atom stereocenters. The van der Waals surface area contributed by atoms with Gasteiger partial charge in [0, 0.05) is 25.0 Å². The summed E-state index contributed by atoms with van der Waals surface area (Å²) in [5, 5.41) is 2.19. The highest BCUT2D eigenvalue weighted by Gasteiger charge is 2.61. The van der Waals surface area contributed by atoms with E-state index < -0.39 is 38.0 Å². The maximum Gasteiger partial charge on any atom is 0.410 e. The standard InChI is InChI=1S/C19H28FN3O4S/c1-12-13(7-8-14(22-12)18(5,6)20)28(25,26)15-19(9-21-15)10-23(11-19)16(24)27-17(2,3)4/h7-8,15,21H,9-11H2,1-6H3. The minimum absolute atomic E-state index is 0.0905. The number of sulfone groups is 1. The van der Waals surface area contributed by atoms with E-state index in [1.807, 2.05) is 0 Å². The number of nitrogens with one attached hydrogen (secondary N) is 1. The van der Waals surface area contributed by atoms with Crippen LogP contribution in [-0.4, -0.2) is 55.0 Å². The van der Waals surface area contributed by atoms with Gasteiger partial charge < -0.3 is 9.64 Å². The van der Waals surface area contributed by atoms with Gasteiger partial charge >= 0.3 is 6.09 Å². The Balaban J connectivity index is 1.77. The van der Waals surface area contributed by atoms with Gasteiger partial charge in [-0.3, -0.25) is 10.3 Å². The van der Waals surface area contributed by atoms with Crippen LogP contribution in [0.25, 0.3) is 0 Å². The number of likely N-dealkylation sites (tertiary alicyclic amines) is 1. The molecule has 1 N–H and O–H groups in total. The van der Waals surface area contributed by atoms with Crippen LogP contribution in [0.3, 0.4) is 0 Å². The van der Waals surface area contributed by atoms with Crippen molar-refractivity contribution in [2.75, 3.05) is 19.6 Å². The molecular weight excluding hydrogens is 385 g/mol. The van der Waals surface area contributed by atoms with E-state index in [0.29, 0.717) is 19.6 Å². The SMILES string of the molecule is Cc1nc(C(C)(C)F)ccc1S(=O)(=O)C1NCC12CN(C(=O)OC(C)(C)C)C2. The first-order chi connectivity index (χ1) is 12.7. The summed E-state index contributed by atoms with van der Waals surface area (Å²) < 4.78 is 45.8. The van der Waals surface area contributed by atoms with Crippen LogP contribution in [0.2, 0.25) is 0 Å². The Morgan fingerprint density at radius 2 is 1.89 bits per heavy atom. The molecule has 28 heavy (non-hydrogen) atoms. The lowest BCUT2D eigenvalue weighted by Gasteiger charge is -2.59. The van der Waals surface area contributed by atoms with Crippen molar-refractivity contribution in [1.29, 1.82) is 0 Å². The fourth-order valence-electron chi connectivity index (χ4n) is 3.67. The topological polar surface area (TPSA) is 88.6 Å². The van der Waals surface area contributed by atoms with Crippen LogP contribution in [0.4, 0.5) is 9.18 Å². The highest BCUT2D eigenvalue weighted by Crippen LogP contribution is 2.44. The molecule has 9 heteroatoms. The normalized spacial score (nSPS) is 21.8. The average Bonchev–Trinajstić information content (AvgIpc) is 2.40. The van der Waals surface area contributed by atoms with E-state index in [-0.39, 0.29) is 16.3 Å². The Morgan fingerprint density at radius 1 is 1.29 bits per heavy atom. The number of alkyl halides is 1. The number of nitrogens with zero attached hydrogens (tertiary/aromatic N) is 2. The number of rotatable bonds is 3. The number of pyridine rings is 1. The number of amides is 1. The van der Waals surface area contributed by atoms with Crippen molar-refractivity contribution in [3.05, 3.63) is 23.5 Å². The molecule has 3 heterocycles. The van der Waals surface area contributed by atoms with Crippen LogP contribution in [0.1, 0.15) is 46.0 Å². The van der Waals surface area contributed by atoms with Gasteiger partial charge in [0.05, 0.1) is 16.3 Å². The molecule has 0 bridgehead atoms. The minimum atomic E-state index is -3.72. The molecule has 2 aliphatic rings. The molecule has 0 radical (unpaired) electrons. The van der Waals surface area contributed by atoms with Crippen molar-refractivity contribution in [2.24, 2.45) is 5.41 Å². The number of aryl methyl sites for hydroxylation is 1. The Hall–Kier alpha value is -1.74. The minimum Gasteiger partial charge on any atom is -0.444 e. The number of carbonyl (C=O) groups excluding carboxylic acids is 1. The lowest BCUT2D eigenvalue weighted by molar-refractivity contribution is -0.0651. The van der Waals surface area contributed by atoms with Crippen molar-refractivity contribution in [3.63, 3.8) is 0 Å². The second-order valence-electron chi connectivity index (χ2n) is 9.26. The highest BCUT2D eigenvalue weighted by molar-refractivity contribution is 7.92. The maximum atomic E-state index is 14.1. The van der Waals surface area contributed by atoms with Gasteiger partial charge in [-0.05, 0) is 53.7 Å². The van der Waals surface area contributed by atoms with E-state index in [4.69, 9.17) is 4.74 Å². The Kier molecular flexibility index (Phi) is 4.78. The lowest BCUT2D eigenvalue weighted by atomic mass is 9.74. The summed E-state index contributed by atoms with van der Waals surface area (Å²) in [5.41, 5.74) is -2.31. The number of ether oxygens (including phenoxy) is 1. The molecule has 1 unspecified atom stereocenters. The molecule has 0 saturated carbocycles. The van der Waals surface area contributed by atoms with Gasteiger partial charge in [-0.25, -0.2) is 17.6 Å². The van der Waals surface area contributed by atoms with Gasteiger partial charge in [0.15, 0.2) is 9.84 Å². The summed E-state index contributed by atoms with van der Waals surface area (Å²) in [5.74, 6) is 0. The summed E-state index contributed by atoms with van der Waals surface area (Å²) in [6.07, 6.45) is -0.437. The molecule has 1 spiro atoms. The van der Waals surface area contributed by atoms with Crippen molar-refractivity contribution in [1.82, 2.24) is 15.2 Å². The zero-order valence-electron chi connectivity index (χ0n) is 17.2. The van der Waals surface area contributed by atoms with Gasteiger partial charge in [-0.1, -0.05) is 0 Å². The average molecular weight is 414 g/mol. The Bertz CT molecular complexity index is 897. The third-order valence-corrected chi connectivity index (χ3v) is 7.45. The Labute approximate surface area is 165 Å². The predicted molar refractivity (Wildman–Crippen MR) is 102 cm³/mol. The third-order valence-electron chi connectivity index (χ3n) is 5.12. The number of aromatic nitrogens is 1. The summed E-state index contributed by atoms with van der Waals surface area (Å²) in [7, 11) is -3.72. The summed E-state index contributed by atoms with van der Waals surface area (Å²) >= 11 is 0. The van der Waals surface area contributed by atoms with Crippen LogP contribution < -0.4 is 5.32 Å². The quantitative estimate of drug-likeness (QED) is 0.819. The molecular formula is C19H28FN3O4S. The molecule has 2 saturated heterocycles. The van der Waals surface area contributed by atoms with Crippen LogP contribution >= 0.6 is 0 Å². The molecule has 1 amide bonds. The fourth-order valence-corrected chi connectivity index (χ4v) is 5.83. The molecule has 7 nitrogen and oxygen atoms in total. The van der Waals surface area contributed by atoms with E-state index in [2.05, 4.69) is 10.3 Å². The predicted octanol–water partition coefficient (Wildman–Crippen LogP) is 2.53. The number of hydrogen-bond acceptors (Lipinski definition) is 6. The highest BCUT2D eigenvalue weighted by atomic mass is 32.2. The first-order valence-electron chi connectivity index (χ1n) is 9.28. The van der Waals surface area contributed by atoms with Crippen LogP contribution in [-0.2, 0) is 20.2 Å².